The monoisotopic (exact) mass is 244 g/mol. The van der Waals surface area contributed by atoms with Crippen LogP contribution in [0.15, 0.2) is 22.9 Å². The van der Waals surface area contributed by atoms with E-state index in [-0.39, 0.29) is 0 Å². The second-order valence-corrected chi connectivity index (χ2v) is 4.44. The van der Waals surface area contributed by atoms with Crippen molar-refractivity contribution in [3.05, 3.63) is 41.2 Å². The summed E-state index contributed by atoms with van der Waals surface area (Å²) in [5.74, 6) is 2.75. The van der Waals surface area contributed by atoms with Crippen molar-refractivity contribution < 1.29 is 4.42 Å². The van der Waals surface area contributed by atoms with Crippen LogP contribution in [0.5, 0.6) is 0 Å². The lowest BCUT2D eigenvalue weighted by molar-refractivity contribution is 0.490. The van der Waals surface area contributed by atoms with E-state index in [4.69, 9.17) is 4.42 Å². The van der Waals surface area contributed by atoms with Crippen molar-refractivity contribution in [2.24, 2.45) is 0 Å². The molecule has 0 aromatic carbocycles. The van der Waals surface area contributed by atoms with Crippen molar-refractivity contribution in [1.82, 2.24) is 15.3 Å². The van der Waals surface area contributed by atoms with Crippen LogP contribution in [-0.2, 0) is 19.5 Å². The maximum Gasteiger partial charge on any atom is 0.134 e. The molecule has 0 spiro atoms. The molecule has 18 heavy (non-hydrogen) atoms. The Morgan fingerprint density at radius 2 is 2.33 bits per heavy atom. The van der Waals surface area contributed by atoms with Gasteiger partial charge in [-0.25, -0.2) is 9.97 Å². The van der Waals surface area contributed by atoms with Crippen molar-refractivity contribution in [2.45, 2.75) is 26.4 Å². The molecule has 0 radical (unpaired) electrons. The van der Waals surface area contributed by atoms with Gasteiger partial charge in [0.1, 0.15) is 23.7 Å². The lowest BCUT2D eigenvalue weighted by atomic mass is 10.1. The van der Waals surface area contributed by atoms with Gasteiger partial charge >= 0.3 is 0 Å². The molecule has 0 saturated carbocycles. The van der Waals surface area contributed by atoms with Crippen LogP contribution in [0.25, 0.3) is 0 Å². The summed E-state index contributed by atoms with van der Waals surface area (Å²) in [6.45, 7) is 4.41. The molecule has 2 N–H and O–H groups in total. The fraction of sp³-hybridized carbons (Fsp3) is 0.385. The summed E-state index contributed by atoms with van der Waals surface area (Å²) in [6.07, 6.45) is 2.59. The molecule has 2 aromatic heterocycles. The van der Waals surface area contributed by atoms with Crippen LogP contribution in [0.1, 0.15) is 22.8 Å². The van der Waals surface area contributed by atoms with Gasteiger partial charge < -0.3 is 15.1 Å². The molecule has 0 amide bonds. The Morgan fingerprint density at radius 1 is 1.39 bits per heavy atom. The van der Waals surface area contributed by atoms with Gasteiger partial charge in [-0.1, -0.05) is 0 Å². The van der Waals surface area contributed by atoms with Crippen LogP contribution in [0.2, 0.25) is 0 Å². The molecular weight excluding hydrogens is 228 g/mol. The van der Waals surface area contributed by atoms with Gasteiger partial charge in [0.2, 0.25) is 0 Å². The third kappa shape index (κ3) is 2.22. The van der Waals surface area contributed by atoms with Crippen molar-refractivity contribution in [3.63, 3.8) is 0 Å². The predicted octanol–water partition coefficient (Wildman–Crippen LogP) is 1.64. The molecule has 5 heteroatoms. The number of nitrogens with zero attached hydrogens (tertiary/aromatic N) is 2. The Hall–Kier alpha value is -1.88. The summed E-state index contributed by atoms with van der Waals surface area (Å²) in [4.78, 5) is 8.63. The third-order valence-electron chi connectivity index (χ3n) is 3.10. The fourth-order valence-electron chi connectivity index (χ4n) is 2.17. The minimum absolute atomic E-state index is 0.650. The highest BCUT2D eigenvalue weighted by molar-refractivity contribution is 5.46. The molecule has 94 valence electrons. The molecule has 0 unspecified atom stereocenters. The summed E-state index contributed by atoms with van der Waals surface area (Å²) in [5.41, 5.74) is 2.31. The van der Waals surface area contributed by atoms with E-state index < -0.39 is 0 Å². The Labute approximate surface area is 106 Å². The van der Waals surface area contributed by atoms with Gasteiger partial charge in [0.05, 0.1) is 12.2 Å². The molecule has 0 bridgehead atoms. The number of furan rings is 1. The summed E-state index contributed by atoms with van der Waals surface area (Å²) < 4.78 is 5.53. The van der Waals surface area contributed by atoms with Crippen LogP contribution in [0.3, 0.4) is 0 Å². The molecule has 3 heterocycles. The average molecular weight is 244 g/mol. The van der Waals surface area contributed by atoms with E-state index >= 15 is 0 Å². The SMILES string of the molecule is Cc1ccc(CNc2ncnc3c2CNCC3)o1. The minimum atomic E-state index is 0.650. The highest BCUT2D eigenvalue weighted by atomic mass is 16.3. The number of fused-ring (bicyclic) bond motifs is 1. The van der Waals surface area contributed by atoms with E-state index in [1.165, 1.54) is 5.56 Å². The number of rotatable bonds is 3. The first kappa shape index (κ1) is 11.2. The van der Waals surface area contributed by atoms with Crippen LogP contribution >= 0.6 is 0 Å². The maximum absolute atomic E-state index is 5.53. The molecule has 0 atom stereocenters. The van der Waals surface area contributed by atoms with E-state index in [1.807, 2.05) is 19.1 Å². The first-order valence-electron chi connectivity index (χ1n) is 6.15. The normalized spacial score (nSPS) is 14.3. The van der Waals surface area contributed by atoms with Gasteiger partial charge in [0, 0.05) is 25.1 Å². The molecule has 0 saturated heterocycles. The van der Waals surface area contributed by atoms with Crippen LogP contribution in [-0.4, -0.2) is 16.5 Å². The van der Waals surface area contributed by atoms with E-state index in [9.17, 15) is 0 Å². The van der Waals surface area contributed by atoms with Gasteiger partial charge in [-0.2, -0.15) is 0 Å². The Morgan fingerprint density at radius 3 is 3.17 bits per heavy atom. The number of hydrogen-bond donors (Lipinski definition) is 2. The molecule has 0 aliphatic carbocycles. The Balaban J connectivity index is 1.76. The zero-order valence-corrected chi connectivity index (χ0v) is 10.4. The third-order valence-corrected chi connectivity index (χ3v) is 3.10. The van der Waals surface area contributed by atoms with Crippen molar-refractivity contribution in [2.75, 3.05) is 11.9 Å². The summed E-state index contributed by atoms with van der Waals surface area (Å²) in [5, 5.41) is 6.66. The van der Waals surface area contributed by atoms with E-state index in [0.29, 0.717) is 6.54 Å². The van der Waals surface area contributed by atoms with Crippen molar-refractivity contribution in [3.8, 4) is 0 Å². The summed E-state index contributed by atoms with van der Waals surface area (Å²) in [6, 6.07) is 3.95. The second kappa shape index (κ2) is 4.78. The van der Waals surface area contributed by atoms with E-state index in [0.717, 1.165) is 42.5 Å². The molecule has 1 aliphatic heterocycles. The molecule has 1 aliphatic rings. The standard InChI is InChI=1S/C13H16N4O/c1-9-2-3-10(18-9)6-15-13-11-7-14-5-4-12(11)16-8-17-13/h2-3,8,14H,4-7H2,1H3,(H,15,16,17). The van der Waals surface area contributed by atoms with Gasteiger partial charge in [-0.05, 0) is 19.1 Å². The quantitative estimate of drug-likeness (QED) is 0.859. The zero-order valence-electron chi connectivity index (χ0n) is 10.4. The minimum Gasteiger partial charge on any atom is -0.465 e. The first-order chi connectivity index (χ1) is 8.83. The molecular formula is C13H16N4O. The first-order valence-corrected chi connectivity index (χ1v) is 6.15. The number of aryl methyl sites for hydroxylation is 1. The average Bonchev–Trinajstić information content (AvgIpc) is 2.82. The second-order valence-electron chi connectivity index (χ2n) is 4.44. The van der Waals surface area contributed by atoms with E-state index in [2.05, 4.69) is 20.6 Å². The number of nitrogens with one attached hydrogen (secondary N) is 2. The molecule has 2 aromatic rings. The highest BCUT2D eigenvalue weighted by Crippen LogP contribution is 2.19. The summed E-state index contributed by atoms with van der Waals surface area (Å²) >= 11 is 0. The largest absolute Gasteiger partial charge is 0.465 e. The fourth-order valence-corrected chi connectivity index (χ4v) is 2.17. The van der Waals surface area contributed by atoms with Crippen molar-refractivity contribution >= 4 is 5.82 Å². The summed E-state index contributed by atoms with van der Waals surface area (Å²) in [7, 11) is 0. The van der Waals surface area contributed by atoms with Crippen LogP contribution in [0.4, 0.5) is 5.82 Å². The zero-order chi connectivity index (χ0) is 12.4. The number of hydrogen-bond acceptors (Lipinski definition) is 5. The molecule has 3 rings (SSSR count). The van der Waals surface area contributed by atoms with E-state index in [1.54, 1.807) is 6.33 Å². The van der Waals surface area contributed by atoms with Gasteiger partial charge in [-0.15, -0.1) is 0 Å². The van der Waals surface area contributed by atoms with Gasteiger partial charge in [0.25, 0.3) is 0 Å². The number of aromatic nitrogens is 2. The molecule has 0 fully saturated rings. The lowest BCUT2D eigenvalue weighted by Crippen LogP contribution is -2.26. The topological polar surface area (TPSA) is 63.0 Å². The van der Waals surface area contributed by atoms with Crippen LogP contribution in [0, 0.1) is 6.92 Å². The van der Waals surface area contributed by atoms with Gasteiger partial charge in [0.15, 0.2) is 0 Å². The van der Waals surface area contributed by atoms with Gasteiger partial charge in [-0.3, -0.25) is 0 Å². The molecule has 5 nitrogen and oxygen atoms in total. The smallest absolute Gasteiger partial charge is 0.134 e. The Kier molecular flexibility index (Phi) is 2.98. The Bertz CT molecular complexity index is 550. The number of anilines is 1. The predicted molar refractivity (Wildman–Crippen MR) is 68.2 cm³/mol. The highest BCUT2D eigenvalue weighted by Gasteiger charge is 2.14. The maximum atomic E-state index is 5.53. The van der Waals surface area contributed by atoms with Crippen LogP contribution < -0.4 is 10.6 Å². The lowest BCUT2D eigenvalue weighted by Gasteiger charge is -2.18. The van der Waals surface area contributed by atoms with Crippen molar-refractivity contribution in [1.29, 1.82) is 0 Å².